The summed E-state index contributed by atoms with van der Waals surface area (Å²) in [6.45, 7) is 1.70. The highest BCUT2D eigenvalue weighted by molar-refractivity contribution is 5.24. The van der Waals surface area contributed by atoms with Crippen molar-refractivity contribution in [2.75, 3.05) is 0 Å². The predicted molar refractivity (Wildman–Crippen MR) is 49.0 cm³/mol. The third kappa shape index (κ3) is 1.42. The molecule has 2 rings (SSSR count). The Morgan fingerprint density at radius 2 is 1.93 bits per heavy atom. The molecule has 0 radical (unpaired) electrons. The van der Waals surface area contributed by atoms with Gasteiger partial charge in [-0.25, -0.2) is 8.78 Å². The number of rotatable bonds is 2. The third-order valence-corrected chi connectivity index (χ3v) is 2.98. The van der Waals surface area contributed by atoms with Crippen molar-refractivity contribution in [3.05, 3.63) is 35.6 Å². The van der Waals surface area contributed by atoms with E-state index in [9.17, 15) is 13.9 Å². The van der Waals surface area contributed by atoms with Crippen LogP contribution in [0.25, 0.3) is 0 Å². The van der Waals surface area contributed by atoms with Gasteiger partial charge in [-0.1, -0.05) is 19.1 Å². The van der Waals surface area contributed by atoms with Gasteiger partial charge >= 0.3 is 0 Å². The average Bonchev–Trinajstić information content (AvgIpc) is 2.76. The molecule has 1 aliphatic rings. The minimum absolute atomic E-state index is 0.348. The summed E-state index contributed by atoms with van der Waals surface area (Å²) in [5, 5.41) is 9.82. The van der Waals surface area contributed by atoms with Crippen LogP contribution in [0.2, 0.25) is 0 Å². The van der Waals surface area contributed by atoms with Gasteiger partial charge in [0, 0.05) is 5.41 Å². The first-order valence-corrected chi connectivity index (χ1v) is 4.61. The predicted octanol–water partition coefficient (Wildman–Crippen LogP) is 2.61. The molecule has 0 aliphatic heterocycles. The van der Waals surface area contributed by atoms with Crippen LogP contribution in [-0.2, 0) is 0 Å². The first-order chi connectivity index (χ1) is 6.54. The fourth-order valence-electron chi connectivity index (χ4n) is 1.64. The van der Waals surface area contributed by atoms with E-state index in [2.05, 4.69) is 0 Å². The van der Waals surface area contributed by atoms with Gasteiger partial charge in [0.1, 0.15) is 12.0 Å². The Bertz CT molecular complexity index is 336. The molecule has 0 aromatic heterocycles. The fraction of sp³-hybridized carbons (Fsp3) is 0.455. The van der Waals surface area contributed by atoms with Gasteiger partial charge in [0.15, 0.2) is 0 Å². The van der Waals surface area contributed by atoms with Crippen LogP contribution in [0.15, 0.2) is 24.3 Å². The molecule has 3 atom stereocenters. The summed E-state index contributed by atoms with van der Waals surface area (Å²) in [4.78, 5) is 0. The molecule has 76 valence electrons. The Hall–Kier alpha value is -0.960. The monoisotopic (exact) mass is 198 g/mol. The minimum Gasteiger partial charge on any atom is -0.388 e. The van der Waals surface area contributed by atoms with Gasteiger partial charge in [0.25, 0.3) is 0 Å². The smallest absolute Gasteiger partial charge is 0.123 e. The standard InChI is InChI=1S/C11H12F2O/c1-11(6-9(11)13)10(14)7-2-4-8(12)5-3-7/h2-5,9-10,14H,6H2,1H3. The van der Waals surface area contributed by atoms with Crippen molar-refractivity contribution in [1.82, 2.24) is 0 Å². The van der Waals surface area contributed by atoms with Crippen LogP contribution in [0.5, 0.6) is 0 Å². The molecule has 1 aromatic carbocycles. The number of aliphatic hydroxyl groups excluding tert-OH is 1. The summed E-state index contributed by atoms with van der Waals surface area (Å²) in [5.74, 6) is -0.348. The van der Waals surface area contributed by atoms with E-state index >= 15 is 0 Å². The van der Waals surface area contributed by atoms with E-state index in [-0.39, 0.29) is 5.82 Å². The van der Waals surface area contributed by atoms with E-state index in [1.807, 2.05) is 0 Å². The van der Waals surface area contributed by atoms with Gasteiger partial charge in [0.05, 0.1) is 6.10 Å². The third-order valence-electron chi connectivity index (χ3n) is 2.98. The molecule has 14 heavy (non-hydrogen) atoms. The van der Waals surface area contributed by atoms with Crippen LogP contribution in [0, 0.1) is 11.2 Å². The van der Waals surface area contributed by atoms with Crippen LogP contribution in [-0.4, -0.2) is 11.3 Å². The Kier molecular flexibility index (Phi) is 2.07. The van der Waals surface area contributed by atoms with E-state index in [0.717, 1.165) is 0 Å². The quantitative estimate of drug-likeness (QED) is 0.774. The fourth-order valence-corrected chi connectivity index (χ4v) is 1.64. The molecular formula is C11H12F2O. The molecule has 1 saturated carbocycles. The first kappa shape index (κ1) is 9.59. The summed E-state index contributed by atoms with van der Waals surface area (Å²) in [6, 6.07) is 5.54. The van der Waals surface area contributed by atoms with Crippen molar-refractivity contribution < 1.29 is 13.9 Å². The van der Waals surface area contributed by atoms with E-state index in [1.54, 1.807) is 6.92 Å². The van der Waals surface area contributed by atoms with Gasteiger partial charge in [-0.3, -0.25) is 0 Å². The zero-order valence-electron chi connectivity index (χ0n) is 7.87. The van der Waals surface area contributed by atoms with Gasteiger partial charge < -0.3 is 5.11 Å². The van der Waals surface area contributed by atoms with Gasteiger partial charge in [-0.2, -0.15) is 0 Å². The highest BCUT2D eigenvalue weighted by Gasteiger charge is 2.56. The zero-order chi connectivity index (χ0) is 10.3. The Balaban J connectivity index is 2.20. The topological polar surface area (TPSA) is 20.2 Å². The molecule has 3 unspecified atom stereocenters. The van der Waals surface area contributed by atoms with Crippen molar-refractivity contribution >= 4 is 0 Å². The normalized spacial score (nSPS) is 32.7. The van der Waals surface area contributed by atoms with E-state index in [0.29, 0.717) is 12.0 Å². The van der Waals surface area contributed by atoms with Gasteiger partial charge in [-0.05, 0) is 24.1 Å². The van der Waals surface area contributed by atoms with Crippen LogP contribution >= 0.6 is 0 Å². The number of aliphatic hydroxyl groups is 1. The Morgan fingerprint density at radius 1 is 1.43 bits per heavy atom. The molecule has 1 aromatic rings. The zero-order valence-corrected chi connectivity index (χ0v) is 7.87. The molecule has 0 saturated heterocycles. The number of benzene rings is 1. The lowest BCUT2D eigenvalue weighted by Gasteiger charge is -2.17. The molecule has 0 heterocycles. The molecule has 0 spiro atoms. The maximum Gasteiger partial charge on any atom is 0.123 e. The van der Waals surface area contributed by atoms with Crippen molar-refractivity contribution in [1.29, 1.82) is 0 Å². The summed E-state index contributed by atoms with van der Waals surface area (Å²) in [6.07, 6.45) is -1.40. The van der Waals surface area contributed by atoms with Crippen LogP contribution in [0.1, 0.15) is 25.0 Å². The summed E-state index contributed by atoms with van der Waals surface area (Å²) < 4.78 is 25.5. The molecule has 0 bridgehead atoms. The number of hydrogen-bond donors (Lipinski definition) is 1. The van der Waals surface area contributed by atoms with E-state index in [1.165, 1.54) is 24.3 Å². The first-order valence-electron chi connectivity index (χ1n) is 4.61. The Morgan fingerprint density at radius 3 is 2.36 bits per heavy atom. The average molecular weight is 198 g/mol. The second-order valence-corrected chi connectivity index (χ2v) is 4.13. The van der Waals surface area contributed by atoms with Crippen LogP contribution in [0.3, 0.4) is 0 Å². The van der Waals surface area contributed by atoms with Crippen molar-refractivity contribution in [3.63, 3.8) is 0 Å². The molecular weight excluding hydrogens is 186 g/mol. The van der Waals surface area contributed by atoms with Gasteiger partial charge in [-0.15, -0.1) is 0 Å². The van der Waals surface area contributed by atoms with Gasteiger partial charge in [0.2, 0.25) is 0 Å². The minimum atomic E-state index is -0.942. The second-order valence-electron chi connectivity index (χ2n) is 4.13. The lowest BCUT2D eigenvalue weighted by atomic mass is 9.94. The maximum absolute atomic E-state index is 12.9. The number of halogens is 2. The molecule has 1 N–H and O–H groups in total. The number of hydrogen-bond acceptors (Lipinski definition) is 1. The molecule has 1 fully saturated rings. The highest BCUT2D eigenvalue weighted by atomic mass is 19.1. The molecule has 3 heteroatoms. The molecule has 1 aliphatic carbocycles. The lowest BCUT2D eigenvalue weighted by molar-refractivity contribution is 0.0873. The van der Waals surface area contributed by atoms with Crippen molar-refractivity contribution in [2.24, 2.45) is 5.41 Å². The number of alkyl halides is 1. The summed E-state index contributed by atoms with van der Waals surface area (Å²) in [7, 11) is 0. The lowest BCUT2D eigenvalue weighted by Crippen LogP contribution is -2.12. The summed E-state index contributed by atoms with van der Waals surface area (Å²) in [5.41, 5.74) is -0.0910. The SMILES string of the molecule is CC1(C(O)c2ccc(F)cc2)CC1F. The highest BCUT2D eigenvalue weighted by Crippen LogP contribution is 2.56. The second kappa shape index (κ2) is 3.02. The van der Waals surface area contributed by atoms with Crippen LogP contribution in [0.4, 0.5) is 8.78 Å². The molecule has 1 nitrogen and oxygen atoms in total. The van der Waals surface area contributed by atoms with Crippen molar-refractivity contribution in [3.8, 4) is 0 Å². The summed E-state index contributed by atoms with van der Waals surface area (Å²) >= 11 is 0. The van der Waals surface area contributed by atoms with E-state index in [4.69, 9.17) is 0 Å². The maximum atomic E-state index is 12.9. The molecule has 0 amide bonds. The Labute approximate surface area is 81.4 Å². The van der Waals surface area contributed by atoms with E-state index < -0.39 is 17.7 Å². The largest absolute Gasteiger partial charge is 0.388 e. The van der Waals surface area contributed by atoms with Crippen molar-refractivity contribution in [2.45, 2.75) is 25.6 Å². The van der Waals surface area contributed by atoms with Crippen LogP contribution < -0.4 is 0 Å².